The number of carbonyl (C=O) groups is 1. The number of hydrogen-bond donors (Lipinski definition) is 0. The van der Waals surface area contributed by atoms with Crippen LogP contribution in [0, 0.1) is 28.7 Å². The number of halogens is 2. The van der Waals surface area contributed by atoms with Gasteiger partial charge in [0.1, 0.15) is 11.6 Å². The van der Waals surface area contributed by atoms with Crippen molar-refractivity contribution in [3.8, 4) is 5.69 Å². The van der Waals surface area contributed by atoms with Gasteiger partial charge in [-0.2, -0.15) is 0 Å². The van der Waals surface area contributed by atoms with Gasteiger partial charge in [0, 0.05) is 37.4 Å². The average molecular weight is 387 g/mol. The molecule has 0 fully saturated rings. The van der Waals surface area contributed by atoms with Gasteiger partial charge in [0.25, 0.3) is 11.6 Å². The van der Waals surface area contributed by atoms with Crippen LogP contribution in [0.1, 0.15) is 21.7 Å². The van der Waals surface area contributed by atoms with Crippen molar-refractivity contribution in [2.24, 2.45) is 0 Å². The molecule has 10 heteroatoms. The Kier molecular flexibility index (Phi) is 5.12. The minimum absolute atomic E-state index is 0.0246. The number of aromatic nitrogens is 3. The van der Waals surface area contributed by atoms with Gasteiger partial charge in [0.15, 0.2) is 5.69 Å². The Balaban J connectivity index is 1.85. The molecular formula is C18H15F2N5O3. The highest BCUT2D eigenvalue weighted by Crippen LogP contribution is 2.19. The maximum Gasteiger partial charge on any atom is 0.276 e. The van der Waals surface area contributed by atoms with Crippen LogP contribution >= 0.6 is 0 Å². The molecule has 1 amide bonds. The Morgan fingerprint density at radius 1 is 1.25 bits per heavy atom. The number of nitro benzene ring substituents is 1. The van der Waals surface area contributed by atoms with E-state index >= 15 is 0 Å². The fourth-order valence-electron chi connectivity index (χ4n) is 2.67. The van der Waals surface area contributed by atoms with Crippen LogP contribution in [0.4, 0.5) is 14.5 Å². The van der Waals surface area contributed by atoms with Crippen molar-refractivity contribution in [1.82, 2.24) is 19.9 Å². The minimum Gasteiger partial charge on any atom is -0.336 e. The second kappa shape index (κ2) is 7.51. The standard InChI is InChI=1S/C18H15F2N5O3/c1-11-17(18(26)23(2)10-12-6-7-13(19)8-16(12)20)21-22-24(11)14-4-3-5-15(9-14)25(27)28/h3-9H,10H2,1-2H3. The van der Waals surface area contributed by atoms with Gasteiger partial charge in [0.05, 0.1) is 16.3 Å². The zero-order chi connectivity index (χ0) is 20.4. The molecule has 0 radical (unpaired) electrons. The minimum atomic E-state index is -0.753. The molecule has 0 unspecified atom stereocenters. The van der Waals surface area contributed by atoms with E-state index < -0.39 is 22.5 Å². The predicted molar refractivity (Wildman–Crippen MR) is 94.9 cm³/mol. The molecule has 28 heavy (non-hydrogen) atoms. The van der Waals surface area contributed by atoms with E-state index in [9.17, 15) is 23.7 Å². The highest BCUT2D eigenvalue weighted by molar-refractivity contribution is 5.93. The Hall–Kier alpha value is -3.69. The molecule has 0 saturated heterocycles. The Bertz CT molecular complexity index is 1070. The summed E-state index contributed by atoms with van der Waals surface area (Å²) in [6.07, 6.45) is 0. The number of rotatable bonds is 5. The molecule has 0 atom stereocenters. The average Bonchev–Trinajstić information content (AvgIpc) is 3.04. The Labute approximate surface area is 158 Å². The summed E-state index contributed by atoms with van der Waals surface area (Å²) >= 11 is 0. The summed E-state index contributed by atoms with van der Waals surface area (Å²) in [5, 5.41) is 18.7. The van der Waals surface area contributed by atoms with Crippen LogP contribution in [0.3, 0.4) is 0 Å². The number of benzene rings is 2. The molecule has 8 nitrogen and oxygen atoms in total. The van der Waals surface area contributed by atoms with Gasteiger partial charge in [0.2, 0.25) is 0 Å². The van der Waals surface area contributed by atoms with Crippen molar-refractivity contribution in [3.63, 3.8) is 0 Å². The van der Waals surface area contributed by atoms with E-state index in [1.54, 1.807) is 13.0 Å². The second-order valence-corrected chi connectivity index (χ2v) is 6.11. The number of carbonyl (C=O) groups excluding carboxylic acids is 1. The van der Waals surface area contributed by atoms with Crippen LogP contribution < -0.4 is 0 Å². The van der Waals surface area contributed by atoms with Gasteiger partial charge in [-0.15, -0.1) is 5.10 Å². The van der Waals surface area contributed by atoms with Crippen molar-refractivity contribution in [2.75, 3.05) is 7.05 Å². The summed E-state index contributed by atoms with van der Waals surface area (Å²) in [5.41, 5.74) is 0.809. The van der Waals surface area contributed by atoms with Crippen molar-refractivity contribution >= 4 is 11.6 Å². The van der Waals surface area contributed by atoms with Gasteiger partial charge < -0.3 is 4.90 Å². The zero-order valence-electron chi connectivity index (χ0n) is 15.0. The number of nitrogens with zero attached hydrogens (tertiary/aromatic N) is 5. The highest BCUT2D eigenvalue weighted by Gasteiger charge is 2.22. The maximum absolute atomic E-state index is 13.8. The van der Waals surface area contributed by atoms with E-state index in [-0.39, 0.29) is 23.5 Å². The number of hydrogen-bond acceptors (Lipinski definition) is 5. The van der Waals surface area contributed by atoms with Crippen molar-refractivity contribution < 1.29 is 18.5 Å². The zero-order valence-corrected chi connectivity index (χ0v) is 15.0. The third-order valence-electron chi connectivity index (χ3n) is 4.15. The molecule has 0 bridgehead atoms. The summed E-state index contributed by atoms with van der Waals surface area (Å²) in [7, 11) is 1.46. The lowest BCUT2D eigenvalue weighted by molar-refractivity contribution is -0.384. The molecule has 2 aromatic carbocycles. The molecule has 0 saturated carbocycles. The Morgan fingerprint density at radius 3 is 2.68 bits per heavy atom. The fourth-order valence-corrected chi connectivity index (χ4v) is 2.67. The summed E-state index contributed by atoms with van der Waals surface area (Å²) in [5.74, 6) is -1.97. The summed E-state index contributed by atoms with van der Waals surface area (Å²) in [6, 6.07) is 8.87. The van der Waals surface area contributed by atoms with Gasteiger partial charge in [-0.05, 0) is 19.1 Å². The van der Waals surface area contributed by atoms with E-state index in [1.807, 2.05) is 0 Å². The predicted octanol–water partition coefficient (Wildman–Crippen LogP) is 3.03. The first-order chi connectivity index (χ1) is 13.3. The maximum atomic E-state index is 13.8. The lowest BCUT2D eigenvalue weighted by Gasteiger charge is -2.16. The van der Waals surface area contributed by atoms with Crippen LogP contribution in [0.5, 0.6) is 0 Å². The molecule has 144 valence electrons. The molecule has 0 N–H and O–H groups in total. The molecule has 3 rings (SSSR count). The number of amides is 1. The summed E-state index contributed by atoms with van der Waals surface area (Å²) < 4.78 is 28.2. The number of nitro groups is 1. The van der Waals surface area contributed by atoms with Crippen LogP contribution in [-0.2, 0) is 6.54 Å². The van der Waals surface area contributed by atoms with Crippen LogP contribution in [0.2, 0.25) is 0 Å². The fraction of sp³-hybridized carbons (Fsp3) is 0.167. The molecule has 1 heterocycles. The molecule has 0 aliphatic rings. The molecule has 0 aliphatic carbocycles. The van der Waals surface area contributed by atoms with E-state index in [0.29, 0.717) is 11.4 Å². The van der Waals surface area contributed by atoms with Crippen molar-refractivity contribution in [2.45, 2.75) is 13.5 Å². The van der Waals surface area contributed by atoms with Gasteiger partial charge in [-0.25, -0.2) is 13.5 Å². The quantitative estimate of drug-likeness (QED) is 0.495. The molecule has 1 aromatic heterocycles. The third kappa shape index (κ3) is 3.70. The van der Waals surface area contributed by atoms with Crippen molar-refractivity contribution in [3.05, 3.63) is 81.2 Å². The Morgan fingerprint density at radius 2 is 2.00 bits per heavy atom. The van der Waals surface area contributed by atoms with Gasteiger partial charge in [-0.1, -0.05) is 17.3 Å². The lowest BCUT2D eigenvalue weighted by atomic mass is 10.2. The monoisotopic (exact) mass is 387 g/mol. The second-order valence-electron chi connectivity index (χ2n) is 6.11. The topological polar surface area (TPSA) is 94.2 Å². The SMILES string of the molecule is Cc1c(C(=O)N(C)Cc2ccc(F)cc2F)nnn1-c1cccc([N+](=O)[O-])c1. The van der Waals surface area contributed by atoms with Crippen LogP contribution in [-0.4, -0.2) is 37.8 Å². The van der Waals surface area contributed by atoms with Gasteiger partial charge in [-0.3, -0.25) is 14.9 Å². The first kappa shape index (κ1) is 19.1. The van der Waals surface area contributed by atoms with E-state index in [2.05, 4.69) is 10.3 Å². The normalized spacial score (nSPS) is 10.7. The first-order valence-corrected chi connectivity index (χ1v) is 8.14. The van der Waals surface area contributed by atoms with E-state index in [0.717, 1.165) is 12.1 Å². The highest BCUT2D eigenvalue weighted by atomic mass is 19.1. The summed E-state index contributed by atoms with van der Waals surface area (Å²) in [4.78, 5) is 24.3. The summed E-state index contributed by atoms with van der Waals surface area (Å²) in [6.45, 7) is 1.51. The van der Waals surface area contributed by atoms with Gasteiger partial charge >= 0.3 is 0 Å². The molecule has 0 aliphatic heterocycles. The lowest BCUT2D eigenvalue weighted by Crippen LogP contribution is -2.27. The van der Waals surface area contributed by atoms with E-state index in [4.69, 9.17) is 0 Å². The van der Waals surface area contributed by atoms with Crippen molar-refractivity contribution in [1.29, 1.82) is 0 Å². The first-order valence-electron chi connectivity index (χ1n) is 8.14. The molecule has 0 spiro atoms. The smallest absolute Gasteiger partial charge is 0.276 e. The van der Waals surface area contributed by atoms with Crippen LogP contribution in [0.15, 0.2) is 42.5 Å². The van der Waals surface area contributed by atoms with Crippen LogP contribution in [0.25, 0.3) is 5.69 Å². The van der Waals surface area contributed by atoms with E-state index in [1.165, 1.54) is 40.9 Å². The molecule has 3 aromatic rings. The number of non-ortho nitro benzene ring substituents is 1. The molecular weight excluding hydrogens is 372 g/mol. The third-order valence-corrected chi connectivity index (χ3v) is 4.15. The largest absolute Gasteiger partial charge is 0.336 e.